The maximum atomic E-state index is 12.5. The summed E-state index contributed by atoms with van der Waals surface area (Å²) >= 11 is 0. The number of nitrogens with one attached hydrogen (secondary N) is 1. The molecule has 0 unspecified atom stereocenters. The predicted octanol–water partition coefficient (Wildman–Crippen LogP) is 3.13. The lowest BCUT2D eigenvalue weighted by Crippen LogP contribution is -2.41. The number of carbonyl (C=O) groups excluding carboxylic acids is 1. The Morgan fingerprint density at radius 3 is 2.58 bits per heavy atom. The Balaban J connectivity index is 1.66. The van der Waals surface area contributed by atoms with Crippen LogP contribution in [0.25, 0.3) is 6.08 Å². The van der Waals surface area contributed by atoms with Gasteiger partial charge in [0.1, 0.15) is 11.6 Å². The number of nitrogens with zero attached hydrogens (tertiary/aromatic N) is 2. The van der Waals surface area contributed by atoms with Crippen LogP contribution in [0.4, 0.5) is 5.69 Å². The van der Waals surface area contributed by atoms with E-state index < -0.39 is 0 Å². The fourth-order valence-electron chi connectivity index (χ4n) is 3.70. The molecule has 2 fully saturated rings. The number of rotatable bonds is 4. The van der Waals surface area contributed by atoms with E-state index >= 15 is 0 Å². The molecule has 138 valence electrons. The third-order valence-corrected chi connectivity index (χ3v) is 5.37. The Labute approximate surface area is 155 Å². The number of amides is 1. The number of carbonyl (C=O) groups is 1. The summed E-state index contributed by atoms with van der Waals surface area (Å²) in [6.45, 7) is 5.45. The number of hydrogen-bond acceptors (Lipinski definition) is 4. The van der Waals surface area contributed by atoms with E-state index in [1.54, 1.807) is 6.08 Å². The molecule has 1 aliphatic carbocycles. The van der Waals surface area contributed by atoms with Crippen molar-refractivity contribution in [2.45, 2.75) is 38.6 Å². The summed E-state index contributed by atoms with van der Waals surface area (Å²) in [5, 5.41) is 12.5. The SMILES string of the molecule is C[C@H]1CCCC[C@@H]1NC(=O)/C(C#N)=C/c1ccc(N2CCOCC2)cc1. The smallest absolute Gasteiger partial charge is 0.262 e. The molecule has 1 aromatic rings. The van der Waals surface area contributed by atoms with E-state index in [1.165, 1.54) is 6.42 Å². The van der Waals surface area contributed by atoms with E-state index in [0.29, 0.717) is 5.92 Å². The topological polar surface area (TPSA) is 65.4 Å². The molecule has 1 saturated carbocycles. The molecular weight excluding hydrogens is 326 g/mol. The minimum Gasteiger partial charge on any atom is -0.378 e. The summed E-state index contributed by atoms with van der Waals surface area (Å²) in [5.74, 6) is 0.212. The second kappa shape index (κ2) is 8.86. The first kappa shape index (κ1) is 18.5. The van der Waals surface area contributed by atoms with Gasteiger partial charge in [0.15, 0.2) is 0 Å². The Bertz CT molecular complexity index is 684. The first-order valence-corrected chi connectivity index (χ1v) is 9.53. The van der Waals surface area contributed by atoms with Crippen molar-refractivity contribution in [1.82, 2.24) is 5.32 Å². The first-order valence-electron chi connectivity index (χ1n) is 9.53. The van der Waals surface area contributed by atoms with Crippen LogP contribution >= 0.6 is 0 Å². The first-order chi connectivity index (χ1) is 12.7. The van der Waals surface area contributed by atoms with Crippen molar-refractivity contribution in [2.75, 3.05) is 31.2 Å². The van der Waals surface area contributed by atoms with Gasteiger partial charge in [0.05, 0.1) is 13.2 Å². The van der Waals surface area contributed by atoms with Gasteiger partial charge in [-0.15, -0.1) is 0 Å². The normalized spacial score (nSPS) is 24.0. The van der Waals surface area contributed by atoms with Crippen LogP contribution < -0.4 is 10.2 Å². The van der Waals surface area contributed by atoms with Gasteiger partial charge in [-0.3, -0.25) is 4.79 Å². The molecule has 1 aliphatic heterocycles. The molecule has 1 saturated heterocycles. The number of hydrogen-bond donors (Lipinski definition) is 1. The van der Waals surface area contributed by atoms with Gasteiger partial charge in [0.2, 0.25) is 0 Å². The van der Waals surface area contributed by atoms with E-state index in [1.807, 2.05) is 24.3 Å². The Morgan fingerprint density at radius 1 is 1.23 bits per heavy atom. The monoisotopic (exact) mass is 353 g/mol. The third kappa shape index (κ3) is 4.64. The summed E-state index contributed by atoms with van der Waals surface area (Å²) in [4.78, 5) is 14.8. The van der Waals surface area contributed by atoms with Crippen molar-refractivity contribution in [3.8, 4) is 6.07 Å². The maximum absolute atomic E-state index is 12.5. The highest BCUT2D eigenvalue weighted by atomic mass is 16.5. The van der Waals surface area contributed by atoms with Gasteiger partial charge in [0, 0.05) is 24.8 Å². The fourth-order valence-corrected chi connectivity index (χ4v) is 3.70. The number of morpholine rings is 1. The molecule has 1 aromatic carbocycles. The second-order valence-electron chi connectivity index (χ2n) is 7.20. The summed E-state index contributed by atoms with van der Waals surface area (Å²) in [5.41, 5.74) is 2.18. The molecule has 1 N–H and O–H groups in total. The zero-order valence-corrected chi connectivity index (χ0v) is 15.4. The molecule has 0 radical (unpaired) electrons. The Morgan fingerprint density at radius 2 is 1.92 bits per heavy atom. The largest absolute Gasteiger partial charge is 0.378 e. The second-order valence-corrected chi connectivity index (χ2v) is 7.20. The van der Waals surface area contributed by atoms with E-state index in [9.17, 15) is 10.1 Å². The Kier molecular flexibility index (Phi) is 6.30. The average molecular weight is 353 g/mol. The minimum absolute atomic E-state index is 0.168. The zero-order chi connectivity index (χ0) is 18.4. The van der Waals surface area contributed by atoms with Crippen molar-refractivity contribution in [2.24, 2.45) is 5.92 Å². The van der Waals surface area contributed by atoms with Crippen LogP contribution in [0.15, 0.2) is 29.8 Å². The number of ether oxygens (including phenoxy) is 1. The van der Waals surface area contributed by atoms with Gasteiger partial charge >= 0.3 is 0 Å². The molecule has 2 aliphatic rings. The van der Waals surface area contributed by atoms with Crippen LogP contribution in [0.1, 0.15) is 38.2 Å². The van der Waals surface area contributed by atoms with Gasteiger partial charge in [0.25, 0.3) is 5.91 Å². The number of anilines is 1. The number of benzene rings is 1. The highest BCUT2D eigenvalue weighted by Crippen LogP contribution is 2.24. The molecule has 26 heavy (non-hydrogen) atoms. The van der Waals surface area contributed by atoms with Crippen LogP contribution in [0, 0.1) is 17.2 Å². The quantitative estimate of drug-likeness (QED) is 0.667. The molecule has 2 atom stereocenters. The summed E-state index contributed by atoms with van der Waals surface area (Å²) < 4.78 is 5.38. The van der Waals surface area contributed by atoms with Crippen molar-refractivity contribution in [1.29, 1.82) is 5.26 Å². The van der Waals surface area contributed by atoms with Crippen molar-refractivity contribution >= 4 is 17.7 Å². The lowest BCUT2D eigenvalue weighted by Gasteiger charge is -2.29. The van der Waals surface area contributed by atoms with Crippen LogP contribution in [0.3, 0.4) is 0 Å². The molecule has 3 rings (SSSR count). The fraction of sp³-hybridized carbons (Fsp3) is 0.524. The van der Waals surface area contributed by atoms with Gasteiger partial charge in [-0.25, -0.2) is 0 Å². The standard InChI is InChI=1S/C21H27N3O2/c1-16-4-2-3-5-20(16)23-21(25)18(15-22)14-17-6-8-19(9-7-17)24-10-12-26-13-11-24/h6-9,14,16,20H,2-5,10-13H2,1H3,(H,23,25)/b18-14+/t16-,20-/m0/s1. The molecule has 0 bridgehead atoms. The van der Waals surface area contributed by atoms with E-state index in [0.717, 1.165) is 56.8 Å². The molecule has 0 spiro atoms. The minimum atomic E-state index is -0.261. The molecular formula is C21H27N3O2. The summed E-state index contributed by atoms with van der Waals surface area (Å²) in [6.07, 6.45) is 6.18. The van der Waals surface area contributed by atoms with Crippen LogP contribution in [-0.4, -0.2) is 38.3 Å². The van der Waals surface area contributed by atoms with Gasteiger partial charge in [-0.2, -0.15) is 5.26 Å². The number of nitriles is 1. The highest BCUT2D eigenvalue weighted by Gasteiger charge is 2.24. The van der Waals surface area contributed by atoms with E-state index in [4.69, 9.17) is 4.74 Å². The molecule has 1 heterocycles. The summed E-state index contributed by atoms with van der Waals surface area (Å²) in [6, 6.07) is 10.2. The van der Waals surface area contributed by atoms with E-state index in [-0.39, 0.29) is 17.5 Å². The van der Waals surface area contributed by atoms with Gasteiger partial charge in [-0.1, -0.05) is 31.9 Å². The third-order valence-electron chi connectivity index (χ3n) is 5.37. The lowest BCUT2D eigenvalue weighted by atomic mass is 9.86. The van der Waals surface area contributed by atoms with Crippen molar-refractivity contribution in [3.05, 3.63) is 35.4 Å². The zero-order valence-electron chi connectivity index (χ0n) is 15.4. The average Bonchev–Trinajstić information content (AvgIpc) is 2.69. The lowest BCUT2D eigenvalue weighted by molar-refractivity contribution is -0.118. The Hall–Kier alpha value is -2.32. The highest BCUT2D eigenvalue weighted by molar-refractivity contribution is 6.01. The predicted molar refractivity (Wildman–Crippen MR) is 103 cm³/mol. The van der Waals surface area contributed by atoms with Crippen molar-refractivity contribution < 1.29 is 9.53 Å². The maximum Gasteiger partial charge on any atom is 0.262 e. The van der Waals surface area contributed by atoms with Gasteiger partial charge < -0.3 is 15.0 Å². The summed E-state index contributed by atoms with van der Waals surface area (Å²) in [7, 11) is 0. The molecule has 5 heteroatoms. The molecule has 5 nitrogen and oxygen atoms in total. The van der Waals surface area contributed by atoms with Crippen LogP contribution in [0.2, 0.25) is 0 Å². The van der Waals surface area contributed by atoms with Gasteiger partial charge in [-0.05, 0) is 42.5 Å². The van der Waals surface area contributed by atoms with Crippen LogP contribution in [-0.2, 0) is 9.53 Å². The molecule has 1 amide bonds. The van der Waals surface area contributed by atoms with Crippen LogP contribution in [0.5, 0.6) is 0 Å². The molecule has 0 aromatic heterocycles. The van der Waals surface area contributed by atoms with Crippen molar-refractivity contribution in [3.63, 3.8) is 0 Å². The van der Waals surface area contributed by atoms with E-state index in [2.05, 4.69) is 23.2 Å².